The molecule has 2 heterocycles. The van der Waals surface area contributed by atoms with E-state index in [0.29, 0.717) is 15.6 Å². The van der Waals surface area contributed by atoms with Crippen LogP contribution in [0.3, 0.4) is 0 Å². The van der Waals surface area contributed by atoms with E-state index in [1.165, 1.54) is 0 Å². The Bertz CT molecular complexity index is 1140. The van der Waals surface area contributed by atoms with Gasteiger partial charge >= 0.3 is 0 Å². The molecule has 1 fully saturated rings. The standard InChI is InChI=1S/C25H22Cl2N4/c26-21-11-20(12-22(27)13-21)24-16-30-15-19(25(24)31-8-6-23(29)7-9-31)5-4-17-2-1-3-18(10-17)14-28/h1-5,10-13,15-16,23H,6-9,29H2/b5-4+. The van der Waals surface area contributed by atoms with Crippen molar-refractivity contribution in [2.45, 2.75) is 18.9 Å². The Kier molecular flexibility index (Phi) is 6.58. The summed E-state index contributed by atoms with van der Waals surface area (Å²) in [4.78, 5) is 6.86. The fraction of sp³-hybridized carbons (Fsp3) is 0.200. The molecule has 3 aromatic rings. The molecule has 0 bridgehead atoms. The molecule has 156 valence electrons. The van der Waals surface area contributed by atoms with Crippen LogP contribution in [0.25, 0.3) is 23.3 Å². The first-order valence-electron chi connectivity index (χ1n) is 10.2. The van der Waals surface area contributed by atoms with Gasteiger partial charge in [0.25, 0.3) is 0 Å². The summed E-state index contributed by atoms with van der Waals surface area (Å²) in [7, 11) is 0. The van der Waals surface area contributed by atoms with Crippen LogP contribution in [0.5, 0.6) is 0 Å². The molecule has 0 radical (unpaired) electrons. The summed E-state index contributed by atoms with van der Waals surface area (Å²) in [6.45, 7) is 1.74. The fourth-order valence-electron chi connectivity index (χ4n) is 3.89. The molecule has 1 aliphatic heterocycles. The lowest BCUT2D eigenvalue weighted by atomic mass is 9.98. The Hall–Kier alpha value is -2.84. The van der Waals surface area contributed by atoms with E-state index in [9.17, 15) is 0 Å². The van der Waals surface area contributed by atoms with Crippen molar-refractivity contribution in [2.75, 3.05) is 18.0 Å². The van der Waals surface area contributed by atoms with E-state index in [1.54, 1.807) is 12.1 Å². The summed E-state index contributed by atoms with van der Waals surface area (Å²) in [5.74, 6) is 0. The molecule has 0 amide bonds. The fourth-order valence-corrected chi connectivity index (χ4v) is 4.41. The number of anilines is 1. The van der Waals surface area contributed by atoms with Crippen molar-refractivity contribution in [1.29, 1.82) is 5.26 Å². The zero-order valence-corrected chi connectivity index (χ0v) is 18.4. The smallest absolute Gasteiger partial charge is 0.0991 e. The molecule has 1 saturated heterocycles. The van der Waals surface area contributed by atoms with Gasteiger partial charge in [0.2, 0.25) is 0 Å². The van der Waals surface area contributed by atoms with Crippen LogP contribution < -0.4 is 10.6 Å². The second-order valence-corrected chi connectivity index (χ2v) is 8.55. The van der Waals surface area contributed by atoms with Crippen molar-refractivity contribution in [3.8, 4) is 17.2 Å². The summed E-state index contributed by atoms with van der Waals surface area (Å²) in [5, 5.41) is 10.3. The monoisotopic (exact) mass is 448 g/mol. The molecular weight excluding hydrogens is 427 g/mol. The molecule has 0 aliphatic carbocycles. The molecular formula is C25H22Cl2N4. The number of pyridine rings is 1. The summed E-state index contributed by atoms with van der Waals surface area (Å²) >= 11 is 12.6. The minimum absolute atomic E-state index is 0.231. The third-order valence-electron chi connectivity index (χ3n) is 5.45. The number of aromatic nitrogens is 1. The predicted octanol–water partition coefficient (Wildman–Crippen LogP) is 6.02. The maximum Gasteiger partial charge on any atom is 0.0991 e. The Morgan fingerprint density at radius 1 is 1.03 bits per heavy atom. The Balaban J connectivity index is 1.80. The number of nitrogens with two attached hydrogens (primary N) is 1. The van der Waals surface area contributed by atoms with Crippen LogP contribution >= 0.6 is 23.2 Å². The van der Waals surface area contributed by atoms with Crippen LogP contribution in [-0.2, 0) is 0 Å². The average molecular weight is 449 g/mol. The van der Waals surface area contributed by atoms with Crippen molar-refractivity contribution in [2.24, 2.45) is 5.73 Å². The SMILES string of the molecule is N#Cc1cccc(/C=C/c2cncc(-c3cc(Cl)cc(Cl)c3)c2N2CCC(N)CC2)c1. The van der Waals surface area contributed by atoms with Gasteiger partial charge in [-0.15, -0.1) is 0 Å². The van der Waals surface area contributed by atoms with Gasteiger partial charge in [0.05, 0.1) is 17.3 Å². The Morgan fingerprint density at radius 2 is 1.77 bits per heavy atom. The van der Waals surface area contributed by atoms with Crippen LogP contribution in [-0.4, -0.2) is 24.1 Å². The normalized spacial score (nSPS) is 14.7. The van der Waals surface area contributed by atoms with Gasteiger partial charge in [0.1, 0.15) is 0 Å². The molecule has 31 heavy (non-hydrogen) atoms. The Labute approximate surface area is 192 Å². The lowest BCUT2D eigenvalue weighted by Crippen LogP contribution is -2.40. The summed E-state index contributed by atoms with van der Waals surface area (Å²) in [6.07, 6.45) is 9.65. The Morgan fingerprint density at radius 3 is 2.48 bits per heavy atom. The van der Waals surface area contributed by atoms with E-state index in [0.717, 1.165) is 53.9 Å². The van der Waals surface area contributed by atoms with Crippen molar-refractivity contribution >= 4 is 41.0 Å². The molecule has 2 aromatic carbocycles. The van der Waals surface area contributed by atoms with Gasteiger partial charge in [-0.2, -0.15) is 5.26 Å². The molecule has 1 aromatic heterocycles. The van der Waals surface area contributed by atoms with Gasteiger partial charge in [-0.1, -0.05) is 47.5 Å². The van der Waals surface area contributed by atoms with E-state index in [2.05, 4.69) is 16.0 Å². The molecule has 4 rings (SSSR count). The van der Waals surface area contributed by atoms with Crippen LogP contribution in [0.4, 0.5) is 5.69 Å². The molecule has 0 saturated carbocycles. The van der Waals surface area contributed by atoms with Crippen molar-refractivity contribution in [1.82, 2.24) is 4.98 Å². The molecule has 4 nitrogen and oxygen atoms in total. The first-order valence-corrected chi connectivity index (χ1v) is 10.9. The maximum atomic E-state index is 9.17. The molecule has 0 spiro atoms. The first kappa shape index (κ1) is 21.4. The number of hydrogen-bond acceptors (Lipinski definition) is 4. The van der Waals surface area contributed by atoms with Gasteiger partial charge in [-0.25, -0.2) is 0 Å². The van der Waals surface area contributed by atoms with Crippen LogP contribution in [0.1, 0.15) is 29.5 Å². The second kappa shape index (κ2) is 9.53. The number of benzene rings is 2. The largest absolute Gasteiger partial charge is 0.370 e. The van der Waals surface area contributed by atoms with Gasteiger partial charge in [-0.05, 0) is 54.3 Å². The number of nitriles is 1. The second-order valence-electron chi connectivity index (χ2n) is 7.68. The zero-order valence-electron chi connectivity index (χ0n) is 16.9. The highest BCUT2D eigenvalue weighted by Gasteiger charge is 2.22. The quantitative estimate of drug-likeness (QED) is 0.529. The van der Waals surface area contributed by atoms with E-state index in [4.69, 9.17) is 34.2 Å². The van der Waals surface area contributed by atoms with Crippen LogP contribution in [0, 0.1) is 11.3 Å². The van der Waals surface area contributed by atoms with Gasteiger partial charge in [0.15, 0.2) is 0 Å². The van der Waals surface area contributed by atoms with Gasteiger partial charge in [0, 0.05) is 52.7 Å². The highest BCUT2D eigenvalue weighted by Crippen LogP contribution is 2.38. The van der Waals surface area contributed by atoms with Gasteiger partial charge in [-0.3, -0.25) is 4.98 Å². The topological polar surface area (TPSA) is 65.9 Å². The number of hydrogen-bond donors (Lipinski definition) is 1. The van der Waals surface area contributed by atoms with Crippen molar-refractivity contribution in [3.63, 3.8) is 0 Å². The van der Waals surface area contributed by atoms with E-state index in [1.807, 2.05) is 54.9 Å². The molecule has 0 unspecified atom stereocenters. The van der Waals surface area contributed by atoms with Crippen LogP contribution in [0.15, 0.2) is 54.9 Å². The molecule has 0 atom stereocenters. The predicted molar refractivity (Wildman–Crippen MR) is 129 cm³/mol. The lowest BCUT2D eigenvalue weighted by molar-refractivity contribution is 0.501. The third kappa shape index (κ3) is 5.08. The van der Waals surface area contributed by atoms with Crippen LogP contribution in [0.2, 0.25) is 10.0 Å². The lowest BCUT2D eigenvalue weighted by Gasteiger charge is -2.34. The molecule has 1 aliphatic rings. The first-order chi connectivity index (χ1) is 15.0. The highest BCUT2D eigenvalue weighted by atomic mass is 35.5. The molecule has 2 N–H and O–H groups in total. The van der Waals surface area contributed by atoms with E-state index < -0.39 is 0 Å². The minimum Gasteiger partial charge on any atom is -0.370 e. The highest BCUT2D eigenvalue weighted by molar-refractivity contribution is 6.35. The number of nitrogens with zero attached hydrogens (tertiary/aromatic N) is 3. The van der Waals surface area contributed by atoms with Crippen molar-refractivity contribution in [3.05, 3.63) is 81.6 Å². The number of rotatable bonds is 4. The summed E-state index contributed by atoms with van der Waals surface area (Å²) < 4.78 is 0. The van der Waals surface area contributed by atoms with E-state index in [-0.39, 0.29) is 6.04 Å². The van der Waals surface area contributed by atoms with E-state index >= 15 is 0 Å². The third-order valence-corrected chi connectivity index (χ3v) is 5.88. The average Bonchev–Trinajstić information content (AvgIpc) is 2.77. The molecule has 6 heteroatoms. The number of piperidine rings is 1. The summed E-state index contributed by atoms with van der Waals surface area (Å²) in [5.41, 5.74) is 11.7. The van der Waals surface area contributed by atoms with Gasteiger partial charge < -0.3 is 10.6 Å². The number of halogens is 2. The minimum atomic E-state index is 0.231. The summed E-state index contributed by atoms with van der Waals surface area (Å²) in [6, 6.07) is 15.5. The van der Waals surface area contributed by atoms with Crippen molar-refractivity contribution < 1.29 is 0 Å². The maximum absolute atomic E-state index is 9.17. The zero-order chi connectivity index (χ0) is 21.8.